The van der Waals surface area contributed by atoms with E-state index in [1.807, 2.05) is 12.1 Å². The summed E-state index contributed by atoms with van der Waals surface area (Å²) in [7, 11) is 0. The molecule has 4 nitrogen and oxygen atoms in total. The number of ether oxygens (including phenoxy) is 2. The average Bonchev–Trinajstić information content (AvgIpc) is 2.61. The van der Waals surface area contributed by atoms with Gasteiger partial charge in [0.05, 0.1) is 12.2 Å². The second-order valence-corrected chi connectivity index (χ2v) is 6.59. The van der Waals surface area contributed by atoms with Crippen LogP contribution < -0.4 is 0 Å². The van der Waals surface area contributed by atoms with Crippen molar-refractivity contribution in [2.45, 2.75) is 57.7 Å². The van der Waals surface area contributed by atoms with Gasteiger partial charge < -0.3 is 9.47 Å². The smallest absolute Gasteiger partial charge is 0.459 e. The first-order valence-electron chi connectivity index (χ1n) is 8.83. The molecule has 0 amide bonds. The van der Waals surface area contributed by atoms with E-state index in [4.69, 9.17) is 4.74 Å². The molecule has 0 radical (unpaired) electrons. The lowest BCUT2D eigenvalue weighted by molar-refractivity contribution is -0.201. The van der Waals surface area contributed by atoms with E-state index in [2.05, 4.69) is 11.7 Å². The summed E-state index contributed by atoms with van der Waals surface area (Å²) >= 11 is 0. The van der Waals surface area contributed by atoms with Crippen molar-refractivity contribution in [3.63, 3.8) is 0 Å². The summed E-state index contributed by atoms with van der Waals surface area (Å²) in [4.78, 5) is 22.9. The molecule has 1 aromatic carbocycles. The highest BCUT2D eigenvalue weighted by Crippen LogP contribution is 2.28. The molecule has 0 unspecified atom stereocenters. The van der Waals surface area contributed by atoms with Crippen LogP contribution in [0.4, 0.5) is 13.2 Å². The second-order valence-electron chi connectivity index (χ2n) is 6.59. The van der Waals surface area contributed by atoms with Crippen LogP contribution in [0.3, 0.4) is 0 Å². The molecule has 0 aromatic heterocycles. The molecule has 2 rings (SSSR count). The summed E-state index contributed by atoms with van der Waals surface area (Å²) in [5.41, 5.74) is 1.66. The molecular formula is C19H23F3O4. The van der Waals surface area contributed by atoms with E-state index in [0.29, 0.717) is 31.2 Å². The van der Waals surface area contributed by atoms with Gasteiger partial charge in [-0.05, 0) is 55.7 Å². The van der Waals surface area contributed by atoms with Gasteiger partial charge in [0, 0.05) is 0 Å². The van der Waals surface area contributed by atoms with Gasteiger partial charge in [-0.25, -0.2) is 9.59 Å². The predicted molar refractivity (Wildman–Crippen MR) is 88.6 cm³/mol. The van der Waals surface area contributed by atoms with E-state index in [9.17, 15) is 22.8 Å². The highest BCUT2D eigenvalue weighted by atomic mass is 19.4. The Labute approximate surface area is 150 Å². The molecule has 1 aliphatic carbocycles. The fourth-order valence-electron chi connectivity index (χ4n) is 3.01. The van der Waals surface area contributed by atoms with Crippen molar-refractivity contribution >= 4 is 11.9 Å². The fourth-order valence-corrected chi connectivity index (χ4v) is 3.01. The summed E-state index contributed by atoms with van der Waals surface area (Å²) in [5, 5.41) is 0. The van der Waals surface area contributed by atoms with Crippen molar-refractivity contribution in [1.82, 2.24) is 0 Å². The molecule has 1 aliphatic rings. The molecule has 1 saturated carbocycles. The third kappa shape index (κ3) is 6.04. The van der Waals surface area contributed by atoms with Gasteiger partial charge in [0.25, 0.3) is 0 Å². The minimum absolute atomic E-state index is 0.135. The van der Waals surface area contributed by atoms with Gasteiger partial charge in [-0.1, -0.05) is 25.5 Å². The Hall–Kier alpha value is -2.05. The number of aryl methyl sites for hydroxylation is 1. The van der Waals surface area contributed by atoms with Crippen molar-refractivity contribution in [2.24, 2.45) is 5.92 Å². The van der Waals surface area contributed by atoms with Crippen LogP contribution in [-0.4, -0.2) is 30.8 Å². The lowest BCUT2D eigenvalue weighted by Gasteiger charge is -2.28. The summed E-state index contributed by atoms with van der Waals surface area (Å²) in [6, 6.07) is 7.31. The first-order chi connectivity index (χ1) is 12.3. The van der Waals surface area contributed by atoms with Gasteiger partial charge in [-0.15, -0.1) is 0 Å². The fraction of sp³-hybridized carbons (Fsp3) is 0.579. The minimum atomic E-state index is -4.96. The molecule has 0 atom stereocenters. The van der Waals surface area contributed by atoms with E-state index >= 15 is 0 Å². The summed E-state index contributed by atoms with van der Waals surface area (Å²) < 4.78 is 46.1. The number of alkyl halides is 3. The average molecular weight is 372 g/mol. The summed E-state index contributed by atoms with van der Waals surface area (Å²) in [6.07, 6.45) is -1.02. The Morgan fingerprint density at radius 2 is 1.69 bits per heavy atom. The number of carbonyl (C=O) groups is 2. The van der Waals surface area contributed by atoms with Crippen molar-refractivity contribution in [2.75, 3.05) is 6.61 Å². The zero-order valence-corrected chi connectivity index (χ0v) is 14.7. The van der Waals surface area contributed by atoms with Crippen LogP contribution in [0.1, 0.15) is 54.9 Å². The molecular weight excluding hydrogens is 349 g/mol. The zero-order chi connectivity index (χ0) is 19.2. The number of halogens is 3. The van der Waals surface area contributed by atoms with Gasteiger partial charge in [-0.2, -0.15) is 13.2 Å². The van der Waals surface area contributed by atoms with E-state index < -0.39 is 12.1 Å². The molecule has 26 heavy (non-hydrogen) atoms. The number of hydrogen-bond donors (Lipinski definition) is 0. The van der Waals surface area contributed by atoms with Crippen molar-refractivity contribution in [3.05, 3.63) is 35.4 Å². The lowest BCUT2D eigenvalue weighted by atomic mass is 9.88. The van der Waals surface area contributed by atoms with Gasteiger partial charge >= 0.3 is 18.1 Å². The maximum Gasteiger partial charge on any atom is 0.490 e. The Kier molecular flexibility index (Phi) is 7.06. The summed E-state index contributed by atoms with van der Waals surface area (Å²) in [6.45, 7) is 1.83. The van der Waals surface area contributed by atoms with Crippen LogP contribution in [0.15, 0.2) is 24.3 Å². The lowest BCUT2D eigenvalue weighted by Crippen LogP contribution is -2.30. The van der Waals surface area contributed by atoms with E-state index in [0.717, 1.165) is 18.4 Å². The number of carbonyl (C=O) groups excluding carboxylic acids is 2. The molecule has 1 fully saturated rings. The summed E-state index contributed by atoms with van der Waals surface area (Å²) in [5.74, 6) is -2.68. The molecule has 0 N–H and O–H groups in total. The maximum absolute atomic E-state index is 12.2. The van der Waals surface area contributed by atoms with Crippen LogP contribution in [0.5, 0.6) is 0 Å². The van der Waals surface area contributed by atoms with Crippen LogP contribution >= 0.6 is 0 Å². The van der Waals surface area contributed by atoms with E-state index in [1.54, 1.807) is 12.1 Å². The number of hydrogen-bond acceptors (Lipinski definition) is 4. The van der Waals surface area contributed by atoms with Crippen LogP contribution in [0.25, 0.3) is 0 Å². The highest BCUT2D eigenvalue weighted by Gasteiger charge is 2.41. The molecule has 0 spiro atoms. The van der Waals surface area contributed by atoms with Crippen molar-refractivity contribution < 1.29 is 32.2 Å². The topological polar surface area (TPSA) is 52.6 Å². The predicted octanol–water partition coefficient (Wildman–Crippen LogP) is 4.46. The van der Waals surface area contributed by atoms with Crippen LogP contribution in [-0.2, 0) is 20.7 Å². The normalized spacial score (nSPS) is 20.5. The Bertz CT molecular complexity index is 602. The molecule has 7 heteroatoms. The SMILES string of the molecule is CCCc1ccc(C(=O)OC2CCC(COC(=O)C(F)(F)F)CC2)cc1. The quantitative estimate of drug-likeness (QED) is 0.692. The Morgan fingerprint density at radius 3 is 2.23 bits per heavy atom. The van der Waals surface area contributed by atoms with E-state index in [-0.39, 0.29) is 24.6 Å². The maximum atomic E-state index is 12.2. The largest absolute Gasteiger partial charge is 0.490 e. The van der Waals surface area contributed by atoms with Gasteiger partial charge in [-0.3, -0.25) is 0 Å². The van der Waals surface area contributed by atoms with Crippen molar-refractivity contribution in [3.8, 4) is 0 Å². The molecule has 1 aromatic rings. The molecule has 0 aliphatic heterocycles. The van der Waals surface area contributed by atoms with Gasteiger partial charge in [0.15, 0.2) is 0 Å². The van der Waals surface area contributed by atoms with Crippen LogP contribution in [0.2, 0.25) is 0 Å². The zero-order valence-electron chi connectivity index (χ0n) is 14.7. The third-order valence-electron chi connectivity index (χ3n) is 4.48. The van der Waals surface area contributed by atoms with Crippen LogP contribution in [0, 0.1) is 5.92 Å². The first kappa shape index (κ1) is 20.3. The Morgan fingerprint density at radius 1 is 1.08 bits per heavy atom. The van der Waals surface area contributed by atoms with Gasteiger partial charge in [0.1, 0.15) is 6.10 Å². The molecule has 0 heterocycles. The standard InChI is InChI=1S/C19H23F3O4/c1-2-3-13-4-8-15(9-5-13)17(23)26-16-10-6-14(7-11-16)12-25-18(24)19(20,21)22/h4-5,8-9,14,16H,2-3,6-7,10-12H2,1H3. The highest BCUT2D eigenvalue weighted by molar-refractivity contribution is 5.89. The van der Waals surface area contributed by atoms with Crippen molar-refractivity contribution in [1.29, 1.82) is 0 Å². The Balaban J connectivity index is 1.74. The molecule has 144 valence electrons. The molecule has 0 bridgehead atoms. The number of esters is 2. The number of benzene rings is 1. The monoisotopic (exact) mass is 372 g/mol. The minimum Gasteiger partial charge on any atom is -0.459 e. The first-order valence-corrected chi connectivity index (χ1v) is 8.83. The third-order valence-corrected chi connectivity index (χ3v) is 4.48. The van der Waals surface area contributed by atoms with Gasteiger partial charge in [0.2, 0.25) is 0 Å². The van der Waals surface area contributed by atoms with E-state index in [1.165, 1.54) is 0 Å². The second kappa shape index (κ2) is 9.05. The molecule has 0 saturated heterocycles. The number of rotatable bonds is 6.